The van der Waals surface area contributed by atoms with Crippen LogP contribution in [-0.4, -0.2) is 6.61 Å². The number of rotatable bonds is 3. The van der Waals surface area contributed by atoms with Crippen LogP contribution >= 0.6 is 31.9 Å². The molecule has 0 atom stereocenters. The highest BCUT2D eigenvalue weighted by Crippen LogP contribution is 2.22. The highest BCUT2D eigenvalue weighted by atomic mass is 79.9. The lowest BCUT2D eigenvalue weighted by Gasteiger charge is -2.06. The van der Waals surface area contributed by atoms with Crippen molar-refractivity contribution in [1.82, 2.24) is 0 Å². The van der Waals surface area contributed by atoms with Gasteiger partial charge < -0.3 is 4.74 Å². The number of ether oxygens (including phenoxy) is 1. The Labute approximate surface area is 95.1 Å². The maximum Gasteiger partial charge on any atom is 0.120 e. The van der Waals surface area contributed by atoms with E-state index in [0.717, 1.165) is 20.3 Å². The van der Waals surface area contributed by atoms with Crippen molar-refractivity contribution in [3.8, 4) is 5.75 Å². The first-order chi connectivity index (χ1) is 6.09. The Morgan fingerprint density at radius 2 is 2.23 bits per heavy atom. The SMILES string of the molecule is C=C(Br)COc1ccc(Br)c(C)c1. The molecule has 1 aromatic carbocycles. The molecule has 0 aromatic heterocycles. The van der Waals surface area contributed by atoms with Crippen LogP contribution in [0, 0.1) is 6.92 Å². The van der Waals surface area contributed by atoms with Gasteiger partial charge in [0.2, 0.25) is 0 Å². The quantitative estimate of drug-likeness (QED) is 0.819. The first kappa shape index (κ1) is 10.8. The van der Waals surface area contributed by atoms with Crippen molar-refractivity contribution < 1.29 is 4.74 Å². The van der Waals surface area contributed by atoms with E-state index in [9.17, 15) is 0 Å². The molecule has 0 N–H and O–H groups in total. The van der Waals surface area contributed by atoms with Gasteiger partial charge in [-0.15, -0.1) is 0 Å². The van der Waals surface area contributed by atoms with Gasteiger partial charge >= 0.3 is 0 Å². The van der Waals surface area contributed by atoms with Crippen LogP contribution < -0.4 is 4.74 Å². The highest BCUT2D eigenvalue weighted by Gasteiger charge is 1.98. The zero-order valence-corrected chi connectivity index (χ0v) is 10.5. The molecular formula is C10H10Br2O. The summed E-state index contributed by atoms with van der Waals surface area (Å²) < 4.78 is 7.37. The van der Waals surface area contributed by atoms with Gasteiger partial charge in [-0.05, 0) is 30.7 Å². The molecule has 0 saturated heterocycles. The molecule has 0 saturated carbocycles. The molecule has 0 amide bonds. The van der Waals surface area contributed by atoms with E-state index in [1.54, 1.807) is 0 Å². The van der Waals surface area contributed by atoms with Gasteiger partial charge in [0.25, 0.3) is 0 Å². The summed E-state index contributed by atoms with van der Waals surface area (Å²) in [5.41, 5.74) is 1.16. The van der Waals surface area contributed by atoms with Gasteiger partial charge in [-0.1, -0.05) is 38.4 Å². The fraction of sp³-hybridized carbons (Fsp3) is 0.200. The fourth-order valence-electron chi connectivity index (χ4n) is 0.869. The third kappa shape index (κ3) is 3.53. The molecule has 1 rings (SSSR count). The van der Waals surface area contributed by atoms with Crippen LogP contribution in [0.5, 0.6) is 5.75 Å². The number of aryl methyl sites for hydroxylation is 1. The number of benzene rings is 1. The van der Waals surface area contributed by atoms with Crippen LogP contribution in [0.15, 0.2) is 33.7 Å². The Morgan fingerprint density at radius 3 is 2.77 bits per heavy atom. The summed E-state index contributed by atoms with van der Waals surface area (Å²) >= 11 is 6.66. The average Bonchev–Trinajstić information content (AvgIpc) is 2.07. The molecule has 0 heterocycles. The standard InChI is InChI=1S/C10H10Br2O/c1-7-5-9(3-4-10(7)12)13-6-8(2)11/h3-5H,2,6H2,1H3. The van der Waals surface area contributed by atoms with Crippen molar-refractivity contribution >= 4 is 31.9 Å². The Kier molecular flexibility index (Phi) is 4.00. The summed E-state index contributed by atoms with van der Waals surface area (Å²) in [5, 5.41) is 0. The van der Waals surface area contributed by atoms with Crippen LogP contribution in [0.25, 0.3) is 0 Å². The van der Waals surface area contributed by atoms with Crippen molar-refractivity contribution in [2.24, 2.45) is 0 Å². The molecular weight excluding hydrogens is 296 g/mol. The number of halogens is 2. The van der Waals surface area contributed by atoms with E-state index in [1.165, 1.54) is 0 Å². The average molecular weight is 306 g/mol. The Morgan fingerprint density at radius 1 is 1.54 bits per heavy atom. The van der Waals surface area contributed by atoms with Crippen LogP contribution in [0.2, 0.25) is 0 Å². The predicted molar refractivity (Wildman–Crippen MR) is 62.4 cm³/mol. The third-order valence-electron chi connectivity index (χ3n) is 1.52. The van der Waals surface area contributed by atoms with Crippen molar-refractivity contribution in [2.45, 2.75) is 6.92 Å². The van der Waals surface area contributed by atoms with Gasteiger partial charge in [-0.2, -0.15) is 0 Å². The van der Waals surface area contributed by atoms with Gasteiger partial charge in [0.15, 0.2) is 0 Å². The molecule has 1 nitrogen and oxygen atoms in total. The van der Waals surface area contributed by atoms with Gasteiger partial charge in [0.1, 0.15) is 12.4 Å². The molecule has 0 radical (unpaired) electrons. The second-order valence-corrected chi connectivity index (χ2v) is 4.69. The number of hydrogen-bond acceptors (Lipinski definition) is 1. The van der Waals surface area contributed by atoms with E-state index in [-0.39, 0.29) is 0 Å². The Bertz CT molecular complexity index is 321. The van der Waals surface area contributed by atoms with E-state index in [2.05, 4.69) is 38.4 Å². The number of hydrogen-bond donors (Lipinski definition) is 0. The Hall–Kier alpha value is -0.280. The molecule has 13 heavy (non-hydrogen) atoms. The topological polar surface area (TPSA) is 9.23 Å². The molecule has 0 aliphatic heterocycles. The molecule has 0 unspecified atom stereocenters. The van der Waals surface area contributed by atoms with Crippen LogP contribution in [0.4, 0.5) is 0 Å². The van der Waals surface area contributed by atoms with Crippen molar-refractivity contribution in [2.75, 3.05) is 6.61 Å². The summed E-state index contributed by atoms with van der Waals surface area (Å²) in [4.78, 5) is 0. The van der Waals surface area contributed by atoms with Gasteiger partial charge in [-0.3, -0.25) is 0 Å². The lowest BCUT2D eigenvalue weighted by molar-refractivity contribution is 0.360. The molecule has 0 aliphatic carbocycles. The monoisotopic (exact) mass is 304 g/mol. The zero-order valence-electron chi connectivity index (χ0n) is 7.31. The molecule has 0 bridgehead atoms. The smallest absolute Gasteiger partial charge is 0.120 e. The first-order valence-electron chi connectivity index (χ1n) is 3.82. The van der Waals surface area contributed by atoms with Crippen LogP contribution in [0.3, 0.4) is 0 Å². The van der Waals surface area contributed by atoms with Crippen LogP contribution in [-0.2, 0) is 0 Å². The molecule has 0 spiro atoms. The fourth-order valence-corrected chi connectivity index (χ4v) is 1.23. The van der Waals surface area contributed by atoms with E-state index in [0.29, 0.717) is 6.61 Å². The molecule has 1 aromatic rings. The van der Waals surface area contributed by atoms with Crippen molar-refractivity contribution in [3.05, 3.63) is 39.3 Å². The maximum absolute atomic E-state index is 5.44. The van der Waals surface area contributed by atoms with E-state index < -0.39 is 0 Å². The molecule has 3 heteroatoms. The zero-order chi connectivity index (χ0) is 9.84. The first-order valence-corrected chi connectivity index (χ1v) is 5.40. The molecule has 0 aliphatic rings. The van der Waals surface area contributed by atoms with Crippen molar-refractivity contribution in [3.63, 3.8) is 0 Å². The maximum atomic E-state index is 5.44. The normalized spacial score (nSPS) is 9.77. The van der Waals surface area contributed by atoms with E-state index >= 15 is 0 Å². The largest absolute Gasteiger partial charge is 0.488 e. The highest BCUT2D eigenvalue weighted by molar-refractivity contribution is 9.11. The summed E-state index contributed by atoms with van der Waals surface area (Å²) in [5.74, 6) is 0.862. The summed E-state index contributed by atoms with van der Waals surface area (Å²) in [6.07, 6.45) is 0. The minimum atomic E-state index is 0.501. The van der Waals surface area contributed by atoms with Crippen LogP contribution in [0.1, 0.15) is 5.56 Å². The second-order valence-electron chi connectivity index (χ2n) is 2.72. The Balaban J connectivity index is 2.68. The molecule has 70 valence electrons. The minimum absolute atomic E-state index is 0.501. The van der Waals surface area contributed by atoms with Gasteiger partial charge in [0, 0.05) is 8.96 Å². The minimum Gasteiger partial charge on any atom is -0.488 e. The summed E-state index contributed by atoms with van der Waals surface area (Å²) in [7, 11) is 0. The second kappa shape index (κ2) is 4.82. The van der Waals surface area contributed by atoms with Gasteiger partial charge in [0.05, 0.1) is 0 Å². The predicted octanol–water partition coefficient (Wildman–Crippen LogP) is 4.04. The van der Waals surface area contributed by atoms with E-state index in [4.69, 9.17) is 4.74 Å². The van der Waals surface area contributed by atoms with E-state index in [1.807, 2.05) is 25.1 Å². The summed E-state index contributed by atoms with van der Waals surface area (Å²) in [6.45, 7) is 6.22. The third-order valence-corrected chi connectivity index (χ3v) is 2.64. The lowest BCUT2D eigenvalue weighted by atomic mass is 10.2. The molecule has 0 fully saturated rings. The van der Waals surface area contributed by atoms with Gasteiger partial charge in [-0.25, -0.2) is 0 Å². The van der Waals surface area contributed by atoms with Crippen molar-refractivity contribution in [1.29, 1.82) is 0 Å². The summed E-state index contributed by atoms with van der Waals surface area (Å²) in [6, 6.07) is 5.88. The lowest BCUT2D eigenvalue weighted by Crippen LogP contribution is -1.96.